The Morgan fingerprint density at radius 3 is 2.74 bits per heavy atom. The number of aryl methyl sites for hydroxylation is 1. The lowest BCUT2D eigenvalue weighted by molar-refractivity contribution is 0.387. The van der Waals surface area contributed by atoms with Crippen LogP contribution in [-0.4, -0.2) is 46.1 Å². The molecular weight excluding hydrogens is 284 g/mol. The van der Waals surface area contributed by atoms with Crippen LogP contribution in [0.4, 0.5) is 5.82 Å². The number of nitrogen functional groups attached to an aromatic ring is 1. The first-order valence-electron chi connectivity index (χ1n) is 6.23. The fourth-order valence-corrected chi connectivity index (χ4v) is 5.07. The van der Waals surface area contributed by atoms with E-state index in [2.05, 4.69) is 18.9 Å². The van der Waals surface area contributed by atoms with Crippen molar-refractivity contribution in [2.45, 2.75) is 37.0 Å². The summed E-state index contributed by atoms with van der Waals surface area (Å²) in [6.45, 7) is 7.62. The molecule has 2 rings (SSSR count). The van der Waals surface area contributed by atoms with Gasteiger partial charge in [0.1, 0.15) is 4.90 Å². The van der Waals surface area contributed by atoms with Gasteiger partial charge in [0.25, 0.3) is 0 Å². The molecule has 2 N–H and O–H groups in total. The highest BCUT2D eigenvalue weighted by molar-refractivity contribution is 8.00. The van der Waals surface area contributed by atoms with Crippen LogP contribution >= 0.6 is 11.8 Å². The molecule has 0 amide bonds. The Balaban J connectivity index is 2.34. The lowest BCUT2D eigenvalue weighted by Crippen LogP contribution is -2.46. The third-order valence-electron chi connectivity index (χ3n) is 3.09. The van der Waals surface area contributed by atoms with Crippen molar-refractivity contribution in [1.82, 2.24) is 14.1 Å². The molecule has 0 bridgehead atoms. The zero-order valence-electron chi connectivity index (χ0n) is 11.5. The molecular formula is C11H20N4O2S2. The summed E-state index contributed by atoms with van der Waals surface area (Å²) in [7, 11) is -3.54. The third kappa shape index (κ3) is 2.90. The van der Waals surface area contributed by atoms with Crippen LogP contribution in [0.2, 0.25) is 0 Å². The van der Waals surface area contributed by atoms with Gasteiger partial charge in [-0.25, -0.2) is 8.42 Å². The summed E-state index contributed by atoms with van der Waals surface area (Å²) in [5, 5.41) is 4.01. The van der Waals surface area contributed by atoms with Gasteiger partial charge in [0, 0.05) is 36.3 Å². The molecule has 1 fully saturated rings. The number of hydrogen-bond acceptors (Lipinski definition) is 5. The van der Waals surface area contributed by atoms with Gasteiger partial charge >= 0.3 is 0 Å². The first-order valence-corrected chi connectivity index (χ1v) is 8.66. The second-order valence-electron chi connectivity index (χ2n) is 5.18. The summed E-state index contributed by atoms with van der Waals surface area (Å²) in [6, 6.07) is 0. The maximum Gasteiger partial charge on any atom is 0.248 e. The maximum atomic E-state index is 12.6. The van der Waals surface area contributed by atoms with Crippen molar-refractivity contribution in [3.63, 3.8) is 0 Å². The van der Waals surface area contributed by atoms with E-state index in [4.69, 9.17) is 5.73 Å². The van der Waals surface area contributed by atoms with E-state index in [1.165, 1.54) is 10.5 Å². The number of nitrogens with two attached hydrogens (primary N) is 1. The average Bonchev–Trinajstić information content (AvgIpc) is 2.70. The van der Waals surface area contributed by atoms with Crippen LogP contribution in [-0.2, 0) is 16.6 Å². The molecule has 0 saturated carbocycles. The quantitative estimate of drug-likeness (QED) is 0.901. The van der Waals surface area contributed by atoms with Gasteiger partial charge in [0.05, 0.1) is 0 Å². The Labute approximate surface area is 118 Å². The zero-order valence-corrected chi connectivity index (χ0v) is 13.1. The molecule has 1 aromatic heterocycles. The molecule has 0 aromatic carbocycles. The van der Waals surface area contributed by atoms with Crippen molar-refractivity contribution in [3.05, 3.63) is 6.20 Å². The van der Waals surface area contributed by atoms with Gasteiger partial charge in [0.15, 0.2) is 5.82 Å². The van der Waals surface area contributed by atoms with Crippen LogP contribution in [0.1, 0.15) is 20.8 Å². The maximum absolute atomic E-state index is 12.6. The summed E-state index contributed by atoms with van der Waals surface area (Å²) < 4.78 is 28.2. The fourth-order valence-electron chi connectivity index (χ4n) is 2.10. The number of hydrogen-bond donors (Lipinski definition) is 1. The lowest BCUT2D eigenvalue weighted by Gasteiger charge is -2.36. The van der Waals surface area contributed by atoms with Gasteiger partial charge in [-0.2, -0.15) is 21.2 Å². The minimum Gasteiger partial charge on any atom is -0.381 e. The monoisotopic (exact) mass is 304 g/mol. The molecule has 0 atom stereocenters. The van der Waals surface area contributed by atoms with E-state index in [9.17, 15) is 8.42 Å². The second-order valence-corrected chi connectivity index (χ2v) is 8.89. The Hall–Kier alpha value is -0.730. The predicted octanol–water partition coefficient (Wildman–Crippen LogP) is 1.00. The van der Waals surface area contributed by atoms with Crippen LogP contribution in [0, 0.1) is 0 Å². The molecule has 0 unspecified atom stereocenters. The van der Waals surface area contributed by atoms with Crippen molar-refractivity contribution in [1.29, 1.82) is 0 Å². The summed E-state index contributed by atoms with van der Waals surface area (Å²) in [6.07, 6.45) is 1.51. The van der Waals surface area contributed by atoms with E-state index in [-0.39, 0.29) is 15.5 Å². The molecule has 108 valence electrons. The molecule has 8 heteroatoms. The van der Waals surface area contributed by atoms with Crippen LogP contribution in [0.3, 0.4) is 0 Å². The minimum atomic E-state index is -3.54. The Morgan fingerprint density at radius 1 is 1.53 bits per heavy atom. The van der Waals surface area contributed by atoms with Crippen LogP contribution in [0.25, 0.3) is 0 Å². The summed E-state index contributed by atoms with van der Waals surface area (Å²) >= 11 is 1.79. The van der Waals surface area contributed by atoms with Crippen molar-refractivity contribution in [3.8, 4) is 0 Å². The van der Waals surface area contributed by atoms with Gasteiger partial charge in [-0.3, -0.25) is 4.68 Å². The summed E-state index contributed by atoms with van der Waals surface area (Å²) in [4.78, 5) is 0.122. The van der Waals surface area contributed by atoms with Crippen molar-refractivity contribution < 1.29 is 8.42 Å². The van der Waals surface area contributed by atoms with Gasteiger partial charge in [-0.1, -0.05) is 0 Å². The standard InChI is InChI=1S/C11H20N4O2S2/c1-4-14-7-9(10(12)13-14)19(16,17)15-5-6-18-11(2,3)8-15/h7H,4-6,8H2,1-3H3,(H2,12,13). The number of thioether (sulfide) groups is 1. The van der Waals surface area contributed by atoms with E-state index < -0.39 is 10.0 Å². The molecule has 1 aliphatic heterocycles. The van der Waals surface area contributed by atoms with E-state index >= 15 is 0 Å². The van der Waals surface area contributed by atoms with Crippen molar-refractivity contribution in [2.24, 2.45) is 0 Å². The number of rotatable bonds is 3. The topological polar surface area (TPSA) is 81.2 Å². The Morgan fingerprint density at radius 2 is 2.21 bits per heavy atom. The van der Waals surface area contributed by atoms with E-state index in [0.29, 0.717) is 19.6 Å². The smallest absolute Gasteiger partial charge is 0.248 e. The average molecular weight is 304 g/mol. The van der Waals surface area contributed by atoms with Gasteiger partial charge in [-0.15, -0.1) is 0 Å². The summed E-state index contributed by atoms with van der Waals surface area (Å²) in [5.41, 5.74) is 5.73. The zero-order chi connectivity index (χ0) is 14.3. The largest absolute Gasteiger partial charge is 0.381 e. The molecule has 2 heterocycles. The molecule has 0 radical (unpaired) electrons. The van der Waals surface area contributed by atoms with Gasteiger partial charge < -0.3 is 5.73 Å². The second kappa shape index (κ2) is 4.99. The highest BCUT2D eigenvalue weighted by Crippen LogP contribution is 2.33. The molecule has 6 nitrogen and oxygen atoms in total. The molecule has 0 aliphatic carbocycles. The van der Waals surface area contributed by atoms with Gasteiger partial charge in [-0.05, 0) is 20.8 Å². The van der Waals surface area contributed by atoms with Gasteiger partial charge in [0.2, 0.25) is 10.0 Å². The normalized spacial score (nSPS) is 20.6. The van der Waals surface area contributed by atoms with E-state index in [1.54, 1.807) is 16.4 Å². The first-order chi connectivity index (χ1) is 8.76. The van der Waals surface area contributed by atoms with Crippen LogP contribution in [0.5, 0.6) is 0 Å². The predicted molar refractivity (Wildman–Crippen MR) is 77.6 cm³/mol. The summed E-state index contributed by atoms with van der Waals surface area (Å²) in [5.74, 6) is 0.881. The highest BCUT2D eigenvalue weighted by Gasteiger charge is 2.36. The van der Waals surface area contributed by atoms with Crippen molar-refractivity contribution in [2.75, 3.05) is 24.6 Å². The van der Waals surface area contributed by atoms with Crippen LogP contribution < -0.4 is 5.73 Å². The SMILES string of the molecule is CCn1cc(S(=O)(=O)N2CCSC(C)(C)C2)c(N)n1. The third-order valence-corrected chi connectivity index (χ3v) is 6.25. The molecule has 19 heavy (non-hydrogen) atoms. The minimum absolute atomic E-state index is 0.0686. The Kier molecular flexibility index (Phi) is 3.85. The fraction of sp³-hybridized carbons (Fsp3) is 0.727. The number of aromatic nitrogens is 2. The van der Waals surface area contributed by atoms with Crippen LogP contribution in [0.15, 0.2) is 11.1 Å². The number of sulfonamides is 1. The lowest BCUT2D eigenvalue weighted by atomic mass is 10.2. The number of nitrogens with zero attached hydrogens (tertiary/aromatic N) is 3. The van der Waals surface area contributed by atoms with Crippen molar-refractivity contribution >= 4 is 27.6 Å². The highest BCUT2D eigenvalue weighted by atomic mass is 32.2. The molecule has 0 spiro atoms. The number of anilines is 1. The molecule has 1 aliphatic rings. The first kappa shape index (κ1) is 14.7. The van der Waals surface area contributed by atoms with E-state index in [1.807, 2.05) is 6.92 Å². The molecule has 1 aromatic rings. The van der Waals surface area contributed by atoms with E-state index in [0.717, 1.165) is 5.75 Å². The Bertz CT molecular complexity index is 565. The molecule has 1 saturated heterocycles.